The molecule has 0 radical (unpaired) electrons. The lowest BCUT2D eigenvalue weighted by molar-refractivity contribution is -0.479. The minimum absolute atomic E-state index is 0.111. The van der Waals surface area contributed by atoms with E-state index >= 15 is 0 Å². The molecule has 0 spiro atoms. The average molecular weight is 245 g/mol. The number of ether oxygens (including phenoxy) is 1. The summed E-state index contributed by atoms with van der Waals surface area (Å²) in [5.74, 6) is 1.04. The van der Waals surface area contributed by atoms with Crippen molar-refractivity contribution >= 4 is 13.2 Å². The van der Waals surface area contributed by atoms with Crippen LogP contribution >= 0.6 is 0 Å². The normalized spacial score (nSPS) is 11.4. The molecule has 0 fully saturated rings. The summed E-state index contributed by atoms with van der Waals surface area (Å²) in [6, 6.07) is 0. The second-order valence-electron chi connectivity index (χ2n) is 4.38. The van der Waals surface area contributed by atoms with Gasteiger partial charge in [0.25, 0.3) is 0 Å². The van der Waals surface area contributed by atoms with Crippen LogP contribution in [0.3, 0.4) is 0 Å². The van der Waals surface area contributed by atoms with Gasteiger partial charge >= 0.3 is 13.2 Å². The van der Waals surface area contributed by atoms with Crippen LogP contribution in [-0.2, 0) is 4.74 Å². The van der Waals surface area contributed by atoms with Gasteiger partial charge in [0.1, 0.15) is 14.1 Å². The van der Waals surface area contributed by atoms with Gasteiger partial charge in [0.05, 0.1) is 12.0 Å². The van der Waals surface area contributed by atoms with E-state index in [0.717, 1.165) is 12.5 Å². The third-order valence-corrected chi connectivity index (χ3v) is 1.33. The van der Waals surface area contributed by atoms with Crippen molar-refractivity contribution in [3.63, 3.8) is 0 Å². The Balaban J connectivity index is 0. The molecule has 0 aromatic rings. The van der Waals surface area contributed by atoms with E-state index in [1.807, 2.05) is 25.6 Å². The molecule has 0 heterocycles. The van der Waals surface area contributed by atoms with Crippen LogP contribution in [0.2, 0.25) is 0 Å². The van der Waals surface area contributed by atoms with E-state index in [1.165, 1.54) is 0 Å². The summed E-state index contributed by atoms with van der Waals surface area (Å²) in [5.41, 5.74) is 0.111. The molecule has 0 aliphatic rings. The highest BCUT2D eigenvalue weighted by molar-refractivity contribution is 6.50. The standard InChI is InChI=1S/C9H20NO.BF4/c1-7-11-8(10(5)6)9(2,3)4;2-1(3,4)5/h7H2,1-6H3;/q+1;-1. The third kappa shape index (κ3) is 13.3. The van der Waals surface area contributed by atoms with Crippen molar-refractivity contribution in [1.29, 1.82) is 0 Å². The van der Waals surface area contributed by atoms with Gasteiger partial charge in [0, 0.05) is 0 Å². The Kier molecular flexibility index (Phi) is 7.45. The zero-order valence-corrected chi connectivity index (χ0v) is 10.7. The van der Waals surface area contributed by atoms with Crippen LogP contribution in [0.4, 0.5) is 17.3 Å². The van der Waals surface area contributed by atoms with Crippen LogP contribution in [0.25, 0.3) is 0 Å². The monoisotopic (exact) mass is 245 g/mol. The fourth-order valence-electron chi connectivity index (χ4n) is 1.15. The second kappa shape index (κ2) is 6.76. The highest BCUT2D eigenvalue weighted by Gasteiger charge is 2.27. The first kappa shape index (κ1) is 17.6. The smallest absolute Gasteiger partial charge is 0.448 e. The molecule has 0 aliphatic carbocycles. The molecule has 0 unspecified atom stereocenters. The van der Waals surface area contributed by atoms with E-state index in [0.29, 0.717) is 0 Å². The van der Waals surface area contributed by atoms with Crippen molar-refractivity contribution < 1.29 is 26.6 Å². The Labute approximate surface area is 94.4 Å². The second-order valence-corrected chi connectivity index (χ2v) is 4.38. The number of hydrogen-bond acceptors (Lipinski definition) is 1. The molecule has 0 saturated carbocycles. The van der Waals surface area contributed by atoms with Gasteiger partial charge < -0.3 is 22.0 Å². The van der Waals surface area contributed by atoms with E-state index in [4.69, 9.17) is 4.74 Å². The quantitative estimate of drug-likeness (QED) is 0.227. The maximum atomic E-state index is 9.75. The molecule has 0 atom stereocenters. The van der Waals surface area contributed by atoms with Crippen LogP contribution in [0.15, 0.2) is 0 Å². The van der Waals surface area contributed by atoms with E-state index in [2.05, 4.69) is 20.8 Å². The van der Waals surface area contributed by atoms with Crippen LogP contribution in [0.5, 0.6) is 0 Å². The highest BCUT2D eigenvalue weighted by atomic mass is 19.5. The minimum atomic E-state index is -6.00. The third-order valence-electron chi connectivity index (χ3n) is 1.33. The predicted molar refractivity (Wildman–Crippen MR) is 58.4 cm³/mol. The molecule has 16 heavy (non-hydrogen) atoms. The van der Waals surface area contributed by atoms with Crippen LogP contribution in [-0.4, -0.2) is 38.4 Å². The number of hydrogen-bond donors (Lipinski definition) is 0. The zero-order chi connectivity index (χ0) is 13.6. The Morgan fingerprint density at radius 1 is 1.12 bits per heavy atom. The van der Waals surface area contributed by atoms with Crippen LogP contribution in [0, 0.1) is 5.41 Å². The lowest BCUT2D eigenvalue weighted by Crippen LogP contribution is -2.30. The molecule has 7 heteroatoms. The van der Waals surface area contributed by atoms with Crippen molar-refractivity contribution in [2.24, 2.45) is 5.41 Å². The van der Waals surface area contributed by atoms with Gasteiger partial charge in [-0.25, -0.2) is 4.58 Å². The summed E-state index contributed by atoms with van der Waals surface area (Å²) < 4.78 is 46.5. The molecule has 0 saturated heterocycles. The summed E-state index contributed by atoms with van der Waals surface area (Å²) in [6.07, 6.45) is 0. The maximum Gasteiger partial charge on any atom is 0.673 e. The molecule has 0 amide bonds. The molecule has 0 rings (SSSR count). The van der Waals surface area contributed by atoms with Crippen molar-refractivity contribution in [3.05, 3.63) is 0 Å². The van der Waals surface area contributed by atoms with Gasteiger partial charge in [-0.15, -0.1) is 0 Å². The van der Waals surface area contributed by atoms with Crippen molar-refractivity contribution in [2.45, 2.75) is 27.7 Å². The van der Waals surface area contributed by atoms with E-state index < -0.39 is 7.25 Å². The van der Waals surface area contributed by atoms with Gasteiger partial charge in [-0.1, -0.05) is 0 Å². The summed E-state index contributed by atoms with van der Waals surface area (Å²) >= 11 is 0. The Bertz CT molecular complexity index is 223. The highest BCUT2D eigenvalue weighted by Crippen LogP contribution is 2.15. The van der Waals surface area contributed by atoms with Crippen molar-refractivity contribution in [1.82, 2.24) is 0 Å². The average Bonchev–Trinajstić information content (AvgIpc) is 1.93. The summed E-state index contributed by atoms with van der Waals surface area (Å²) in [6.45, 7) is 9.20. The van der Waals surface area contributed by atoms with Gasteiger partial charge in [-0.2, -0.15) is 0 Å². The van der Waals surface area contributed by atoms with E-state index in [-0.39, 0.29) is 5.41 Å². The Morgan fingerprint density at radius 3 is 1.50 bits per heavy atom. The SMILES string of the molecule is CCOC(=[N+](C)C)C(C)(C)C.F[B-](F)(F)F. The minimum Gasteiger partial charge on any atom is -0.448 e. The van der Waals surface area contributed by atoms with Gasteiger partial charge in [0.15, 0.2) is 0 Å². The summed E-state index contributed by atoms with van der Waals surface area (Å²) in [7, 11) is -1.98. The summed E-state index contributed by atoms with van der Waals surface area (Å²) in [5, 5.41) is 0. The number of halogens is 4. The predicted octanol–water partition coefficient (Wildman–Crippen LogP) is 3.04. The number of nitrogens with zero attached hydrogens (tertiary/aromatic N) is 1. The first-order valence-corrected chi connectivity index (χ1v) is 4.94. The van der Waals surface area contributed by atoms with Gasteiger partial charge in [-0.3, -0.25) is 0 Å². The maximum absolute atomic E-state index is 9.75. The molecular formula is C9H20BF4NO. The molecule has 98 valence electrons. The van der Waals surface area contributed by atoms with Gasteiger partial charge in [0.2, 0.25) is 0 Å². The lowest BCUT2D eigenvalue weighted by Gasteiger charge is -2.17. The van der Waals surface area contributed by atoms with Crippen molar-refractivity contribution in [2.75, 3.05) is 20.7 Å². The molecule has 0 N–H and O–H groups in total. The molecule has 0 aromatic carbocycles. The van der Waals surface area contributed by atoms with Gasteiger partial charge in [-0.05, 0) is 27.7 Å². The molecular weight excluding hydrogens is 225 g/mol. The fraction of sp³-hybridized carbons (Fsp3) is 0.889. The summed E-state index contributed by atoms with van der Waals surface area (Å²) in [4.78, 5) is 0. The van der Waals surface area contributed by atoms with E-state index in [9.17, 15) is 17.3 Å². The van der Waals surface area contributed by atoms with E-state index in [1.54, 1.807) is 0 Å². The van der Waals surface area contributed by atoms with Crippen molar-refractivity contribution in [3.8, 4) is 0 Å². The van der Waals surface area contributed by atoms with Crippen LogP contribution < -0.4 is 0 Å². The van der Waals surface area contributed by atoms with Crippen LogP contribution in [0.1, 0.15) is 27.7 Å². The fourth-order valence-corrected chi connectivity index (χ4v) is 1.15. The molecule has 2 nitrogen and oxygen atoms in total. The first-order valence-electron chi connectivity index (χ1n) is 4.94. The molecule has 0 aromatic heterocycles. The topological polar surface area (TPSA) is 12.2 Å². The Hall–Kier alpha value is -0.745. The lowest BCUT2D eigenvalue weighted by atomic mass is 9.96. The zero-order valence-electron chi connectivity index (χ0n) is 10.7. The molecule has 0 aliphatic heterocycles. The Morgan fingerprint density at radius 2 is 1.44 bits per heavy atom. The first-order chi connectivity index (χ1) is 6.89. The largest absolute Gasteiger partial charge is 0.673 e. The molecule has 0 bridgehead atoms. The number of rotatable bonds is 1.